The normalized spacial score (nSPS) is 13.0. The Kier molecular flexibility index (Phi) is 10.1. The number of rotatable bonds is 12. The van der Waals surface area contributed by atoms with E-state index in [1.165, 1.54) is 4.90 Å². The van der Waals surface area contributed by atoms with Crippen LogP contribution in [0.15, 0.2) is 48.5 Å². The summed E-state index contributed by atoms with van der Waals surface area (Å²) in [5.74, 6) is -0.155. The Morgan fingerprint density at radius 1 is 1.06 bits per heavy atom. The van der Waals surface area contributed by atoms with Crippen molar-refractivity contribution in [2.75, 3.05) is 23.7 Å². The molecule has 0 spiro atoms. The maximum Gasteiger partial charge on any atom is 0.244 e. The van der Waals surface area contributed by atoms with Crippen LogP contribution >= 0.6 is 0 Å². The van der Waals surface area contributed by atoms with E-state index < -0.39 is 28.5 Å². The number of nitrogens with zero attached hydrogens (tertiary/aromatic N) is 2. The molecule has 0 bridgehead atoms. The van der Waals surface area contributed by atoms with E-state index in [-0.39, 0.29) is 18.5 Å². The molecule has 192 valence electrons. The molecule has 0 aliphatic rings. The molecule has 2 aromatic carbocycles. The van der Waals surface area contributed by atoms with Gasteiger partial charge in [-0.2, -0.15) is 0 Å². The van der Waals surface area contributed by atoms with E-state index in [0.717, 1.165) is 28.1 Å². The van der Waals surface area contributed by atoms with Crippen LogP contribution in [0.4, 0.5) is 5.69 Å². The standard InChI is InChI=1S/C26H37N3O5S/c1-7-20(4)27-26(31)21(5)28(17-22-11-9-10-19(3)16-22)25(30)18-29(35(6,32)33)23-12-14-24(15-13-23)34-8-2/h9-16,20-21H,7-8,17-18H2,1-6H3,(H,27,31). The van der Waals surface area contributed by atoms with Gasteiger partial charge >= 0.3 is 0 Å². The summed E-state index contributed by atoms with van der Waals surface area (Å²) >= 11 is 0. The second-order valence-electron chi connectivity index (χ2n) is 8.70. The number of hydrogen-bond acceptors (Lipinski definition) is 5. The number of carbonyl (C=O) groups excluding carboxylic acids is 2. The molecule has 1 N–H and O–H groups in total. The lowest BCUT2D eigenvalue weighted by molar-refractivity contribution is -0.139. The summed E-state index contributed by atoms with van der Waals surface area (Å²) in [6.07, 6.45) is 1.81. The third-order valence-corrected chi connectivity index (χ3v) is 6.86. The van der Waals surface area contributed by atoms with Gasteiger partial charge in [0, 0.05) is 12.6 Å². The zero-order valence-corrected chi connectivity index (χ0v) is 22.3. The zero-order chi connectivity index (χ0) is 26.2. The van der Waals surface area contributed by atoms with Crippen LogP contribution in [0.3, 0.4) is 0 Å². The summed E-state index contributed by atoms with van der Waals surface area (Å²) < 4.78 is 31.8. The Bertz CT molecular complexity index is 1100. The monoisotopic (exact) mass is 503 g/mol. The van der Waals surface area contributed by atoms with E-state index in [0.29, 0.717) is 18.0 Å². The lowest BCUT2D eigenvalue weighted by Crippen LogP contribution is -2.52. The fraction of sp³-hybridized carbons (Fsp3) is 0.462. The molecule has 0 aliphatic heterocycles. The van der Waals surface area contributed by atoms with Crippen LogP contribution in [0.2, 0.25) is 0 Å². The Labute approximate surface area is 209 Å². The molecule has 2 unspecified atom stereocenters. The van der Waals surface area contributed by atoms with Crippen molar-refractivity contribution >= 4 is 27.5 Å². The fourth-order valence-electron chi connectivity index (χ4n) is 3.54. The highest BCUT2D eigenvalue weighted by molar-refractivity contribution is 7.92. The van der Waals surface area contributed by atoms with E-state index in [1.54, 1.807) is 31.2 Å². The number of hydrogen-bond donors (Lipinski definition) is 1. The lowest BCUT2D eigenvalue weighted by atomic mass is 10.1. The highest BCUT2D eigenvalue weighted by atomic mass is 32.2. The molecule has 2 aromatic rings. The van der Waals surface area contributed by atoms with Crippen molar-refractivity contribution in [1.29, 1.82) is 0 Å². The molecule has 35 heavy (non-hydrogen) atoms. The molecular weight excluding hydrogens is 466 g/mol. The summed E-state index contributed by atoms with van der Waals surface area (Å²) in [5.41, 5.74) is 2.23. The highest BCUT2D eigenvalue weighted by Gasteiger charge is 2.30. The average molecular weight is 504 g/mol. The molecule has 9 heteroatoms. The van der Waals surface area contributed by atoms with E-state index in [1.807, 2.05) is 52.0 Å². The molecule has 0 saturated heterocycles. The lowest BCUT2D eigenvalue weighted by Gasteiger charge is -2.32. The Morgan fingerprint density at radius 2 is 1.71 bits per heavy atom. The van der Waals surface area contributed by atoms with Crippen LogP contribution in [0.1, 0.15) is 45.2 Å². The summed E-state index contributed by atoms with van der Waals surface area (Å²) in [6.45, 7) is 9.56. The van der Waals surface area contributed by atoms with Gasteiger partial charge in [0.25, 0.3) is 0 Å². The van der Waals surface area contributed by atoms with Gasteiger partial charge in [0.05, 0.1) is 18.6 Å². The second-order valence-corrected chi connectivity index (χ2v) is 10.6. The largest absolute Gasteiger partial charge is 0.494 e. The van der Waals surface area contributed by atoms with Gasteiger partial charge in [0.15, 0.2) is 0 Å². The highest BCUT2D eigenvalue weighted by Crippen LogP contribution is 2.22. The van der Waals surface area contributed by atoms with E-state index >= 15 is 0 Å². The van der Waals surface area contributed by atoms with E-state index in [4.69, 9.17) is 4.74 Å². The predicted octanol–water partition coefficient (Wildman–Crippen LogP) is 3.49. The van der Waals surface area contributed by atoms with Crippen molar-refractivity contribution in [3.05, 3.63) is 59.7 Å². The predicted molar refractivity (Wildman–Crippen MR) is 139 cm³/mol. The van der Waals surface area contributed by atoms with Crippen molar-refractivity contribution in [2.24, 2.45) is 0 Å². The molecule has 2 amide bonds. The summed E-state index contributed by atoms with van der Waals surface area (Å²) in [4.78, 5) is 27.9. The van der Waals surface area contributed by atoms with Crippen LogP contribution in [0.5, 0.6) is 5.75 Å². The van der Waals surface area contributed by atoms with E-state index in [9.17, 15) is 18.0 Å². The molecular formula is C26H37N3O5S. The molecule has 0 radical (unpaired) electrons. The zero-order valence-electron chi connectivity index (χ0n) is 21.4. The Balaban J connectivity index is 2.36. The van der Waals surface area contributed by atoms with Crippen molar-refractivity contribution in [3.63, 3.8) is 0 Å². The van der Waals surface area contributed by atoms with Crippen molar-refractivity contribution in [2.45, 2.75) is 59.7 Å². The van der Waals surface area contributed by atoms with Crippen LogP contribution < -0.4 is 14.4 Å². The fourth-order valence-corrected chi connectivity index (χ4v) is 4.39. The van der Waals surface area contributed by atoms with Gasteiger partial charge in [-0.3, -0.25) is 13.9 Å². The third-order valence-electron chi connectivity index (χ3n) is 5.72. The first-order valence-electron chi connectivity index (χ1n) is 11.8. The molecule has 0 heterocycles. The number of amides is 2. The minimum absolute atomic E-state index is 0.0442. The van der Waals surface area contributed by atoms with Gasteiger partial charge in [0.2, 0.25) is 21.8 Å². The van der Waals surface area contributed by atoms with Crippen molar-refractivity contribution in [1.82, 2.24) is 10.2 Å². The third kappa shape index (κ3) is 8.28. The average Bonchev–Trinajstić information content (AvgIpc) is 2.80. The van der Waals surface area contributed by atoms with Gasteiger partial charge in [-0.25, -0.2) is 8.42 Å². The molecule has 2 rings (SSSR count). The molecule has 0 aromatic heterocycles. The van der Waals surface area contributed by atoms with Crippen LogP contribution in [-0.4, -0.2) is 56.6 Å². The van der Waals surface area contributed by atoms with Gasteiger partial charge in [-0.05, 0) is 63.9 Å². The molecule has 0 fully saturated rings. The number of anilines is 1. The number of sulfonamides is 1. The minimum Gasteiger partial charge on any atom is -0.494 e. The number of benzene rings is 2. The van der Waals surface area contributed by atoms with Crippen molar-refractivity contribution in [3.8, 4) is 5.75 Å². The number of carbonyl (C=O) groups is 2. The maximum absolute atomic E-state index is 13.5. The summed E-state index contributed by atoms with van der Waals surface area (Å²) in [7, 11) is -3.78. The van der Waals surface area contributed by atoms with Gasteiger partial charge in [0.1, 0.15) is 18.3 Å². The molecule has 8 nitrogen and oxygen atoms in total. The first-order chi connectivity index (χ1) is 16.5. The van der Waals surface area contributed by atoms with Crippen LogP contribution in [-0.2, 0) is 26.2 Å². The second kappa shape index (κ2) is 12.6. The van der Waals surface area contributed by atoms with Crippen LogP contribution in [0, 0.1) is 6.92 Å². The van der Waals surface area contributed by atoms with Crippen LogP contribution in [0.25, 0.3) is 0 Å². The van der Waals surface area contributed by atoms with E-state index in [2.05, 4.69) is 5.32 Å². The first-order valence-corrected chi connectivity index (χ1v) is 13.7. The summed E-state index contributed by atoms with van der Waals surface area (Å²) in [6, 6.07) is 13.4. The molecule has 2 atom stereocenters. The van der Waals surface area contributed by atoms with Gasteiger partial charge < -0.3 is 15.0 Å². The molecule has 0 saturated carbocycles. The van der Waals surface area contributed by atoms with Crippen molar-refractivity contribution < 1.29 is 22.7 Å². The minimum atomic E-state index is -3.78. The first kappa shape index (κ1) is 28.2. The maximum atomic E-state index is 13.5. The smallest absolute Gasteiger partial charge is 0.244 e. The topological polar surface area (TPSA) is 96.0 Å². The quantitative estimate of drug-likeness (QED) is 0.478. The SMILES string of the molecule is CCOc1ccc(N(CC(=O)N(Cc2cccc(C)c2)C(C)C(=O)NC(C)CC)S(C)(=O)=O)cc1. The molecule has 0 aliphatic carbocycles. The summed E-state index contributed by atoms with van der Waals surface area (Å²) in [5, 5.41) is 2.92. The van der Waals surface area contributed by atoms with Gasteiger partial charge in [-0.1, -0.05) is 36.8 Å². The number of nitrogens with one attached hydrogen (secondary N) is 1. The Morgan fingerprint density at radius 3 is 2.26 bits per heavy atom. The number of ether oxygens (including phenoxy) is 1. The van der Waals surface area contributed by atoms with Gasteiger partial charge in [-0.15, -0.1) is 0 Å². The number of aryl methyl sites for hydroxylation is 1. The Hall–Kier alpha value is -3.07.